The molecule has 0 saturated heterocycles. The summed E-state index contributed by atoms with van der Waals surface area (Å²) in [6, 6.07) is 0. The summed E-state index contributed by atoms with van der Waals surface area (Å²) < 4.78 is 0. The second-order valence-corrected chi connectivity index (χ2v) is 10.3. The molecule has 2 nitrogen and oxygen atoms in total. The molecule has 4 aliphatic carbocycles. The molecule has 0 aliphatic heterocycles. The van der Waals surface area contributed by atoms with Crippen molar-refractivity contribution in [2.45, 2.75) is 79.6 Å². The van der Waals surface area contributed by atoms with Crippen LogP contribution in [-0.2, 0) is 9.59 Å². The highest BCUT2D eigenvalue weighted by molar-refractivity contribution is 5.92. The zero-order valence-corrected chi connectivity index (χ0v) is 17.4. The maximum Gasteiger partial charge on any atom is 0.156 e. The lowest BCUT2D eigenvalue weighted by atomic mass is 9.47. The fourth-order valence-electron chi connectivity index (χ4n) is 6.34. The quantitative estimate of drug-likeness (QED) is 0.540. The van der Waals surface area contributed by atoms with Crippen molar-refractivity contribution >= 4 is 11.6 Å². The maximum absolute atomic E-state index is 12.4. The summed E-state index contributed by atoms with van der Waals surface area (Å²) in [6.07, 6.45) is 8.54. The number of hydrogen-bond acceptors (Lipinski definition) is 2. The van der Waals surface area contributed by atoms with Crippen molar-refractivity contribution < 1.29 is 9.59 Å². The van der Waals surface area contributed by atoms with Gasteiger partial charge in [0.05, 0.1) is 0 Å². The minimum Gasteiger partial charge on any atom is -0.299 e. The van der Waals surface area contributed by atoms with E-state index in [9.17, 15) is 9.59 Å². The summed E-state index contributed by atoms with van der Waals surface area (Å²) in [7, 11) is 0. The molecule has 4 aliphatic rings. The van der Waals surface area contributed by atoms with E-state index < -0.39 is 0 Å². The van der Waals surface area contributed by atoms with E-state index in [1.807, 2.05) is 6.08 Å². The number of fused-ring (bicyclic) bond motifs is 5. The molecule has 0 heterocycles. The standard InChI is InChI=1S/C20H26O2.C4H10/c1-12-10-14-15-4-5-18(22)20(15,3)9-7-16(14)19(2)8-6-13(21)11-17(12)19;1-4(2)3/h11,14-16H,1,4-10H2,2-3H3;4H,1-3H3. The molecule has 5 unspecified atom stereocenters. The Balaban J connectivity index is 0.000000447. The number of carbonyl (C=O) groups is 2. The zero-order chi connectivity index (χ0) is 19.3. The van der Waals surface area contributed by atoms with Crippen LogP contribution < -0.4 is 0 Å². The first-order chi connectivity index (χ1) is 12.1. The zero-order valence-electron chi connectivity index (χ0n) is 17.4. The van der Waals surface area contributed by atoms with Gasteiger partial charge in [0, 0.05) is 18.3 Å². The second-order valence-electron chi connectivity index (χ2n) is 10.3. The van der Waals surface area contributed by atoms with E-state index in [4.69, 9.17) is 0 Å². The van der Waals surface area contributed by atoms with Crippen LogP contribution in [0.3, 0.4) is 0 Å². The number of carbonyl (C=O) groups excluding carboxylic acids is 2. The summed E-state index contributed by atoms with van der Waals surface area (Å²) in [5.74, 6) is 3.34. The monoisotopic (exact) mass is 356 g/mol. The van der Waals surface area contributed by atoms with Crippen molar-refractivity contribution in [2.75, 3.05) is 0 Å². The molecule has 0 aromatic carbocycles. The Bertz CT molecular complexity index is 652. The summed E-state index contributed by atoms with van der Waals surface area (Å²) >= 11 is 0. The Morgan fingerprint density at radius 2 is 1.62 bits per heavy atom. The molecule has 0 aromatic heterocycles. The minimum absolute atomic E-state index is 0.0799. The third-order valence-electron chi connectivity index (χ3n) is 7.64. The van der Waals surface area contributed by atoms with E-state index in [2.05, 4.69) is 41.2 Å². The van der Waals surface area contributed by atoms with Gasteiger partial charge in [0.25, 0.3) is 0 Å². The first-order valence-electron chi connectivity index (χ1n) is 10.6. The van der Waals surface area contributed by atoms with Crippen molar-refractivity contribution in [2.24, 2.45) is 34.5 Å². The third-order valence-corrected chi connectivity index (χ3v) is 7.64. The van der Waals surface area contributed by atoms with Crippen LogP contribution in [0.25, 0.3) is 0 Å². The normalized spacial score (nSPS) is 41.7. The van der Waals surface area contributed by atoms with Crippen molar-refractivity contribution in [3.8, 4) is 0 Å². The molecule has 0 N–H and O–H groups in total. The minimum atomic E-state index is -0.0799. The molecule has 4 rings (SSSR count). The van der Waals surface area contributed by atoms with Crippen LogP contribution in [0.1, 0.15) is 79.6 Å². The number of hydrogen-bond donors (Lipinski definition) is 0. The van der Waals surface area contributed by atoms with Crippen LogP contribution >= 0.6 is 0 Å². The lowest BCUT2D eigenvalue weighted by Gasteiger charge is -2.57. The van der Waals surface area contributed by atoms with Crippen LogP contribution in [0.4, 0.5) is 0 Å². The van der Waals surface area contributed by atoms with Crippen molar-refractivity contribution in [1.29, 1.82) is 0 Å². The van der Waals surface area contributed by atoms with Crippen LogP contribution in [-0.4, -0.2) is 11.6 Å². The molecule has 26 heavy (non-hydrogen) atoms. The Labute approximate surface area is 159 Å². The van der Waals surface area contributed by atoms with Crippen molar-refractivity contribution in [3.63, 3.8) is 0 Å². The number of ketones is 2. The Kier molecular flexibility index (Phi) is 5.09. The Morgan fingerprint density at radius 1 is 1.00 bits per heavy atom. The molecule has 3 fully saturated rings. The van der Waals surface area contributed by atoms with Gasteiger partial charge >= 0.3 is 0 Å². The topological polar surface area (TPSA) is 34.1 Å². The Hall–Kier alpha value is -1.18. The van der Waals surface area contributed by atoms with Gasteiger partial charge in [-0.05, 0) is 72.8 Å². The van der Waals surface area contributed by atoms with Gasteiger partial charge in [-0.2, -0.15) is 0 Å². The van der Waals surface area contributed by atoms with Crippen LogP contribution in [0.2, 0.25) is 0 Å². The fourth-order valence-corrected chi connectivity index (χ4v) is 6.34. The molecule has 0 spiro atoms. The first kappa shape index (κ1) is 19.6. The molecule has 0 bridgehead atoms. The van der Waals surface area contributed by atoms with Gasteiger partial charge in [-0.25, -0.2) is 0 Å². The second kappa shape index (κ2) is 6.77. The lowest BCUT2D eigenvalue weighted by molar-refractivity contribution is -0.132. The molecule has 0 aromatic rings. The van der Waals surface area contributed by atoms with Crippen molar-refractivity contribution in [1.82, 2.24) is 0 Å². The van der Waals surface area contributed by atoms with Gasteiger partial charge in [0.2, 0.25) is 0 Å². The molecule has 0 radical (unpaired) electrons. The smallest absolute Gasteiger partial charge is 0.156 e. The highest BCUT2D eigenvalue weighted by atomic mass is 16.1. The van der Waals surface area contributed by atoms with Gasteiger partial charge in [-0.15, -0.1) is 0 Å². The number of allylic oxidation sites excluding steroid dienone is 2. The van der Waals surface area contributed by atoms with E-state index in [1.54, 1.807) is 0 Å². The lowest BCUT2D eigenvalue weighted by Crippen LogP contribution is -2.51. The van der Waals surface area contributed by atoms with Gasteiger partial charge in [-0.3, -0.25) is 9.59 Å². The third kappa shape index (κ3) is 3.04. The van der Waals surface area contributed by atoms with Crippen molar-refractivity contribution in [3.05, 3.63) is 23.8 Å². The van der Waals surface area contributed by atoms with Crippen LogP contribution in [0, 0.1) is 34.5 Å². The molecule has 144 valence electrons. The van der Waals surface area contributed by atoms with Gasteiger partial charge in [0.1, 0.15) is 5.78 Å². The molecular formula is C24H36O2. The van der Waals surface area contributed by atoms with Crippen LogP contribution in [0.5, 0.6) is 0 Å². The van der Waals surface area contributed by atoms with E-state index in [1.165, 1.54) is 11.1 Å². The molecular weight excluding hydrogens is 320 g/mol. The van der Waals surface area contributed by atoms with Gasteiger partial charge in [0.15, 0.2) is 5.78 Å². The maximum atomic E-state index is 12.4. The average molecular weight is 357 g/mol. The van der Waals surface area contributed by atoms with E-state index in [-0.39, 0.29) is 16.6 Å². The first-order valence-corrected chi connectivity index (χ1v) is 10.6. The Morgan fingerprint density at radius 3 is 2.27 bits per heavy atom. The average Bonchev–Trinajstić information content (AvgIpc) is 2.85. The predicted molar refractivity (Wildman–Crippen MR) is 107 cm³/mol. The summed E-state index contributed by atoms with van der Waals surface area (Å²) in [5.41, 5.74) is 2.43. The van der Waals surface area contributed by atoms with Gasteiger partial charge < -0.3 is 0 Å². The SMILES string of the molecule is C=C1CC2C3CCC(=O)C3(C)CCC2C2(C)CCC(=O)C=C12.CC(C)C. The van der Waals surface area contributed by atoms with Gasteiger partial charge in [-0.1, -0.05) is 46.8 Å². The highest BCUT2D eigenvalue weighted by Gasteiger charge is 2.59. The molecule has 3 saturated carbocycles. The molecule has 2 heteroatoms. The van der Waals surface area contributed by atoms with Crippen LogP contribution in [0.15, 0.2) is 23.8 Å². The van der Waals surface area contributed by atoms with E-state index in [0.29, 0.717) is 30.0 Å². The van der Waals surface area contributed by atoms with E-state index in [0.717, 1.165) is 44.4 Å². The predicted octanol–water partition coefficient (Wildman–Crippen LogP) is 5.92. The summed E-state index contributed by atoms with van der Waals surface area (Å²) in [4.78, 5) is 24.3. The fraction of sp³-hybridized carbons (Fsp3) is 0.750. The largest absolute Gasteiger partial charge is 0.299 e. The summed E-state index contributed by atoms with van der Waals surface area (Å²) in [6.45, 7) is 15.4. The highest BCUT2D eigenvalue weighted by Crippen LogP contribution is 2.65. The summed E-state index contributed by atoms with van der Waals surface area (Å²) in [5, 5.41) is 0. The molecule has 0 amide bonds. The number of rotatable bonds is 0. The van der Waals surface area contributed by atoms with E-state index >= 15 is 0 Å². The number of Topliss-reactive ketones (excluding diaryl/α,β-unsaturated/α-hetero) is 1. The molecule has 5 atom stereocenters.